The van der Waals surface area contributed by atoms with E-state index in [-0.39, 0.29) is 0 Å². The summed E-state index contributed by atoms with van der Waals surface area (Å²) in [7, 11) is -0.517. The van der Waals surface area contributed by atoms with Crippen LogP contribution < -0.4 is 0 Å². The SMILES string of the molecule is CC(C)N1CC2CC1CS(=O)C2. The third-order valence-corrected chi connectivity index (χ3v) is 4.61. The second-order valence-corrected chi connectivity index (χ2v) is 5.87. The first-order valence-electron chi connectivity index (χ1n) is 4.77. The Kier molecular flexibility index (Phi) is 2.25. The molecule has 0 aromatic carbocycles. The van der Waals surface area contributed by atoms with Gasteiger partial charge >= 0.3 is 0 Å². The number of likely N-dealkylation sites (tertiary alicyclic amines) is 1. The number of hydrogen-bond acceptors (Lipinski definition) is 2. The summed E-state index contributed by atoms with van der Waals surface area (Å²) < 4.78 is 11.4. The molecule has 0 amide bonds. The fourth-order valence-corrected chi connectivity index (χ4v) is 4.16. The maximum Gasteiger partial charge on any atom is 0.0391 e. The van der Waals surface area contributed by atoms with Gasteiger partial charge in [0.15, 0.2) is 0 Å². The monoisotopic (exact) mass is 187 g/mol. The number of hydrogen-bond donors (Lipinski definition) is 0. The largest absolute Gasteiger partial charge is 0.297 e. The van der Waals surface area contributed by atoms with Crippen molar-refractivity contribution in [1.82, 2.24) is 4.90 Å². The molecule has 0 spiro atoms. The van der Waals surface area contributed by atoms with E-state index in [4.69, 9.17) is 0 Å². The van der Waals surface area contributed by atoms with Crippen LogP contribution in [0.15, 0.2) is 0 Å². The minimum absolute atomic E-state index is 0.517. The van der Waals surface area contributed by atoms with Crippen LogP contribution in [-0.2, 0) is 10.8 Å². The van der Waals surface area contributed by atoms with Crippen molar-refractivity contribution in [2.75, 3.05) is 18.1 Å². The number of fused-ring (bicyclic) bond motifs is 2. The standard InChI is InChI=1S/C9H17NOS/c1-7(2)10-4-8-3-9(10)6-12(11)5-8/h7-9H,3-6H2,1-2H3. The summed E-state index contributed by atoms with van der Waals surface area (Å²) in [6, 6.07) is 1.26. The predicted molar refractivity (Wildman–Crippen MR) is 51.6 cm³/mol. The van der Waals surface area contributed by atoms with Crippen molar-refractivity contribution in [3.63, 3.8) is 0 Å². The number of rotatable bonds is 1. The van der Waals surface area contributed by atoms with Crippen LogP contribution in [0.2, 0.25) is 0 Å². The van der Waals surface area contributed by atoms with E-state index in [0.29, 0.717) is 12.1 Å². The molecule has 3 heteroatoms. The third kappa shape index (κ3) is 1.44. The summed E-state index contributed by atoms with van der Waals surface area (Å²) >= 11 is 0. The van der Waals surface area contributed by atoms with Crippen molar-refractivity contribution in [2.45, 2.75) is 32.4 Å². The summed E-state index contributed by atoms with van der Waals surface area (Å²) in [6.07, 6.45) is 1.30. The molecule has 2 aliphatic heterocycles. The minimum Gasteiger partial charge on any atom is -0.297 e. The molecule has 2 fully saturated rings. The Hall–Kier alpha value is 0.110. The lowest BCUT2D eigenvalue weighted by Gasteiger charge is -2.27. The Bertz CT molecular complexity index is 205. The van der Waals surface area contributed by atoms with E-state index >= 15 is 0 Å². The zero-order valence-electron chi connectivity index (χ0n) is 7.82. The predicted octanol–water partition coefficient (Wildman–Crippen LogP) is 0.848. The van der Waals surface area contributed by atoms with Gasteiger partial charge in [0.05, 0.1) is 0 Å². The molecule has 0 aliphatic carbocycles. The molecule has 0 aromatic rings. The number of nitrogens with zero attached hydrogens (tertiary/aromatic N) is 1. The van der Waals surface area contributed by atoms with Crippen molar-refractivity contribution in [2.24, 2.45) is 5.92 Å². The molecule has 0 N–H and O–H groups in total. The van der Waals surface area contributed by atoms with E-state index in [2.05, 4.69) is 18.7 Å². The van der Waals surface area contributed by atoms with Gasteiger partial charge in [-0.1, -0.05) is 0 Å². The normalized spacial score (nSPS) is 42.4. The van der Waals surface area contributed by atoms with Crippen LogP contribution in [0, 0.1) is 5.92 Å². The molecular formula is C9H17NOS. The molecule has 2 rings (SSSR count). The minimum atomic E-state index is -0.517. The molecular weight excluding hydrogens is 170 g/mol. The van der Waals surface area contributed by atoms with E-state index in [1.807, 2.05) is 0 Å². The smallest absolute Gasteiger partial charge is 0.0391 e. The lowest BCUT2D eigenvalue weighted by atomic mass is 10.1. The van der Waals surface area contributed by atoms with Gasteiger partial charge in [0.25, 0.3) is 0 Å². The van der Waals surface area contributed by atoms with Gasteiger partial charge in [0.1, 0.15) is 0 Å². The topological polar surface area (TPSA) is 20.3 Å². The summed E-state index contributed by atoms with van der Waals surface area (Å²) in [5.74, 6) is 2.61. The second-order valence-electron chi connectivity index (χ2n) is 4.32. The highest BCUT2D eigenvalue weighted by atomic mass is 32.2. The van der Waals surface area contributed by atoms with Crippen molar-refractivity contribution in [1.29, 1.82) is 0 Å². The Morgan fingerprint density at radius 3 is 2.83 bits per heavy atom. The van der Waals surface area contributed by atoms with Crippen LogP contribution in [0.25, 0.3) is 0 Å². The summed E-state index contributed by atoms with van der Waals surface area (Å²) in [4.78, 5) is 2.52. The molecule has 2 saturated heterocycles. The molecule has 0 aromatic heterocycles. The molecule has 2 aliphatic rings. The van der Waals surface area contributed by atoms with Crippen molar-refractivity contribution in [3.8, 4) is 0 Å². The van der Waals surface area contributed by atoms with Gasteiger partial charge < -0.3 is 0 Å². The maximum absolute atomic E-state index is 11.4. The zero-order valence-corrected chi connectivity index (χ0v) is 8.64. The van der Waals surface area contributed by atoms with Gasteiger partial charge in [-0.3, -0.25) is 9.11 Å². The fourth-order valence-electron chi connectivity index (χ4n) is 2.50. The van der Waals surface area contributed by atoms with Crippen LogP contribution >= 0.6 is 0 Å². The van der Waals surface area contributed by atoms with Gasteiger partial charge in [0.2, 0.25) is 0 Å². The van der Waals surface area contributed by atoms with Crippen molar-refractivity contribution in [3.05, 3.63) is 0 Å². The van der Waals surface area contributed by atoms with Crippen molar-refractivity contribution >= 4 is 10.8 Å². The van der Waals surface area contributed by atoms with Gasteiger partial charge in [-0.25, -0.2) is 0 Å². The van der Waals surface area contributed by atoms with E-state index in [1.54, 1.807) is 0 Å². The summed E-state index contributed by atoms with van der Waals surface area (Å²) in [6.45, 7) is 5.67. The van der Waals surface area contributed by atoms with E-state index in [0.717, 1.165) is 17.4 Å². The van der Waals surface area contributed by atoms with Crippen molar-refractivity contribution < 1.29 is 4.21 Å². The first-order chi connectivity index (χ1) is 5.66. The van der Waals surface area contributed by atoms with E-state index in [1.165, 1.54) is 13.0 Å². The third-order valence-electron chi connectivity index (χ3n) is 3.01. The average molecular weight is 187 g/mol. The lowest BCUT2D eigenvalue weighted by molar-refractivity contribution is 0.217. The highest BCUT2D eigenvalue weighted by Gasteiger charge is 2.38. The molecule has 0 saturated carbocycles. The van der Waals surface area contributed by atoms with E-state index in [9.17, 15) is 4.21 Å². The highest BCUT2D eigenvalue weighted by molar-refractivity contribution is 7.85. The molecule has 70 valence electrons. The van der Waals surface area contributed by atoms with Gasteiger partial charge in [-0.05, 0) is 26.2 Å². The molecule has 2 heterocycles. The van der Waals surface area contributed by atoms with Crippen LogP contribution in [0.1, 0.15) is 20.3 Å². The van der Waals surface area contributed by atoms with Gasteiger partial charge in [-0.2, -0.15) is 0 Å². The quantitative estimate of drug-likeness (QED) is 0.606. The highest BCUT2D eigenvalue weighted by Crippen LogP contribution is 2.30. The summed E-state index contributed by atoms with van der Waals surface area (Å²) in [5, 5.41) is 0. The molecule has 3 atom stereocenters. The molecule has 12 heavy (non-hydrogen) atoms. The van der Waals surface area contributed by atoms with E-state index < -0.39 is 10.8 Å². The summed E-state index contributed by atoms with van der Waals surface area (Å²) in [5.41, 5.74) is 0. The van der Waals surface area contributed by atoms with Crippen LogP contribution in [0.5, 0.6) is 0 Å². The Morgan fingerprint density at radius 2 is 2.17 bits per heavy atom. The Labute approximate surface area is 76.8 Å². The Morgan fingerprint density at radius 1 is 1.42 bits per heavy atom. The molecule has 2 nitrogen and oxygen atoms in total. The Balaban J connectivity index is 2.09. The first-order valence-corrected chi connectivity index (χ1v) is 6.26. The van der Waals surface area contributed by atoms with Crippen LogP contribution in [0.3, 0.4) is 0 Å². The van der Waals surface area contributed by atoms with Crippen LogP contribution in [-0.4, -0.2) is 39.2 Å². The second kappa shape index (κ2) is 3.11. The average Bonchev–Trinajstić information content (AvgIpc) is 2.26. The van der Waals surface area contributed by atoms with Crippen LogP contribution in [0.4, 0.5) is 0 Å². The zero-order chi connectivity index (χ0) is 8.72. The molecule has 2 bridgehead atoms. The fraction of sp³-hybridized carbons (Fsp3) is 1.00. The molecule has 0 radical (unpaired) electrons. The first kappa shape index (κ1) is 8.70. The lowest BCUT2D eigenvalue weighted by Crippen LogP contribution is -2.38. The van der Waals surface area contributed by atoms with Gasteiger partial charge in [-0.15, -0.1) is 0 Å². The maximum atomic E-state index is 11.4. The van der Waals surface area contributed by atoms with Gasteiger partial charge in [0, 0.05) is 40.9 Å². The molecule has 3 unspecified atom stereocenters.